The van der Waals surface area contributed by atoms with Gasteiger partial charge in [-0.2, -0.15) is 4.99 Å². The number of hydrogen-bond acceptors (Lipinski definition) is 4. The van der Waals surface area contributed by atoms with Crippen molar-refractivity contribution in [2.24, 2.45) is 4.99 Å². The summed E-state index contributed by atoms with van der Waals surface area (Å²) in [5.41, 5.74) is 2.15. The first-order valence-electron chi connectivity index (χ1n) is 8.61. The van der Waals surface area contributed by atoms with Crippen molar-refractivity contribution in [3.05, 3.63) is 68.5 Å². The lowest BCUT2D eigenvalue weighted by Gasteiger charge is -2.18. The molecule has 3 rings (SSSR count). The summed E-state index contributed by atoms with van der Waals surface area (Å²) >= 11 is 1.27. The average molecular weight is 393 g/mol. The number of rotatable bonds is 3. The highest BCUT2D eigenvalue weighted by Gasteiger charge is 2.15. The van der Waals surface area contributed by atoms with Crippen LogP contribution in [-0.2, 0) is 12.0 Å². The molecule has 0 N–H and O–H groups in total. The number of thiazole rings is 1. The van der Waals surface area contributed by atoms with E-state index >= 15 is 0 Å². The predicted molar refractivity (Wildman–Crippen MR) is 110 cm³/mol. The van der Waals surface area contributed by atoms with Gasteiger partial charge in [-0.15, -0.1) is 6.42 Å². The molecule has 0 unspecified atom stereocenters. The van der Waals surface area contributed by atoms with Crippen LogP contribution < -0.4 is 4.80 Å². The molecule has 0 atom stereocenters. The second kappa shape index (κ2) is 7.41. The summed E-state index contributed by atoms with van der Waals surface area (Å²) in [6, 6.07) is 11.9. The first-order chi connectivity index (χ1) is 13.2. The number of hydrogen-bond donors (Lipinski definition) is 0. The number of amides is 1. The standard InChI is InChI=1S/C21H19N3O3S/c1-5-12-23-17-13-16(24(26)27)10-11-18(17)28-20(23)22-19(25)14-6-8-15(9-7-14)21(2,3)4/h1,6-11,13H,12H2,2-4H3. The van der Waals surface area contributed by atoms with Gasteiger partial charge in [0.2, 0.25) is 0 Å². The Hall–Kier alpha value is -3.24. The fourth-order valence-corrected chi connectivity index (χ4v) is 3.77. The average Bonchev–Trinajstić information content (AvgIpc) is 2.98. The Labute approximate surface area is 166 Å². The lowest BCUT2D eigenvalue weighted by Crippen LogP contribution is -2.16. The van der Waals surface area contributed by atoms with Crippen molar-refractivity contribution in [3.8, 4) is 12.3 Å². The van der Waals surface area contributed by atoms with E-state index in [4.69, 9.17) is 6.42 Å². The summed E-state index contributed by atoms with van der Waals surface area (Å²) in [6.07, 6.45) is 5.45. The Bertz CT molecular complexity index is 1170. The molecule has 0 radical (unpaired) electrons. The molecular weight excluding hydrogens is 374 g/mol. The largest absolute Gasteiger partial charge is 0.304 e. The molecule has 0 aliphatic heterocycles. The van der Waals surface area contributed by atoms with Crippen LogP contribution in [0.2, 0.25) is 0 Å². The molecule has 0 bridgehead atoms. The number of nitrogens with zero attached hydrogens (tertiary/aromatic N) is 3. The molecular formula is C21H19N3O3S. The van der Waals surface area contributed by atoms with Crippen molar-refractivity contribution in [2.75, 3.05) is 0 Å². The minimum Gasteiger partial charge on any atom is -0.304 e. The smallest absolute Gasteiger partial charge is 0.279 e. The maximum absolute atomic E-state index is 12.7. The Morgan fingerprint density at radius 1 is 1.25 bits per heavy atom. The van der Waals surface area contributed by atoms with Gasteiger partial charge in [0.15, 0.2) is 4.80 Å². The number of aromatic nitrogens is 1. The van der Waals surface area contributed by atoms with Crippen LogP contribution >= 0.6 is 11.3 Å². The molecule has 0 spiro atoms. The summed E-state index contributed by atoms with van der Waals surface area (Å²) in [7, 11) is 0. The molecule has 0 aliphatic rings. The van der Waals surface area contributed by atoms with Gasteiger partial charge in [-0.3, -0.25) is 14.9 Å². The highest BCUT2D eigenvalue weighted by molar-refractivity contribution is 7.16. The molecule has 2 aromatic carbocycles. The van der Waals surface area contributed by atoms with Gasteiger partial charge in [-0.05, 0) is 29.2 Å². The van der Waals surface area contributed by atoms with Gasteiger partial charge in [0.05, 0.1) is 21.7 Å². The maximum Gasteiger partial charge on any atom is 0.279 e. The van der Waals surface area contributed by atoms with Crippen LogP contribution in [0.1, 0.15) is 36.7 Å². The van der Waals surface area contributed by atoms with Crippen LogP contribution in [-0.4, -0.2) is 15.4 Å². The van der Waals surface area contributed by atoms with Crippen LogP contribution in [0.15, 0.2) is 47.5 Å². The SMILES string of the molecule is C#CCn1c(=NC(=O)c2ccc(C(C)(C)C)cc2)sc2ccc([N+](=O)[O-])cc21. The zero-order chi connectivity index (χ0) is 20.5. The molecule has 0 aliphatic carbocycles. The summed E-state index contributed by atoms with van der Waals surface area (Å²) in [5.74, 6) is 2.13. The van der Waals surface area contributed by atoms with Gasteiger partial charge < -0.3 is 4.57 Å². The van der Waals surface area contributed by atoms with E-state index in [2.05, 4.69) is 31.7 Å². The minimum atomic E-state index is -0.462. The van der Waals surface area contributed by atoms with Crippen LogP contribution in [0, 0.1) is 22.5 Å². The van der Waals surface area contributed by atoms with Crippen LogP contribution in [0.5, 0.6) is 0 Å². The van der Waals surface area contributed by atoms with Crippen molar-refractivity contribution in [1.29, 1.82) is 0 Å². The molecule has 7 heteroatoms. The van der Waals surface area contributed by atoms with E-state index in [9.17, 15) is 14.9 Å². The van der Waals surface area contributed by atoms with E-state index in [-0.39, 0.29) is 23.6 Å². The molecule has 1 amide bonds. The van der Waals surface area contributed by atoms with E-state index in [1.165, 1.54) is 23.5 Å². The molecule has 6 nitrogen and oxygen atoms in total. The molecule has 0 saturated heterocycles. The molecule has 28 heavy (non-hydrogen) atoms. The molecule has 1 aromatic heterocycles. The van der Waals surface area contributed by atoms with Crippen LogP contribution in [0.3, 0.4) is 0 Å². The normalized spacial score (nSPS) is 12.1. The third-order valence-corrected chi connectivity index (χ3v) is 5.38. The quantitative estimate of drug-likeness (QED) is 0.378. The van der Waals surface area contributed by atoms with E-state index in [0.29, 0.717) is 15.9 Å². The van der Waals surface area contributed by atoms with Crippen LogP contribution in [0.25, 0.3) is 10.2 Å². The predicted octanol–water partition coefficient (Wildman–Crippen LogP) is 4.28. The lowest BCUT2D eigenvalue weighted by molar-refractivity contribution is -0.384. The molecule has 0 saturated carbocycles. The van der Waals surface area contributed by atoms with Crippen molar-refractivity contribution in [3.63, 3.8) is 0 Å². The fourth-order valence-electron chi connectivity index (χ4n) is 2.76. The van der Waals surface area contributed by atoms with Gasteiger partial charge in [-0.25, -0.2) is 0 Å². The fraction of sp³-hybridized carbons (Fsp3) is 0.238. The third-order valence-electron chi connectivity index (χ3n) is 4.32. The lowest BCUT2D eigenvalue weighted by atomic mass is 9.87. The highest BCUT2D eigenvalue weighted by atomic mass is 32.1. The first-order valence-corrected chi connectivity index (χ1v) is 9.43. The van der Waals surface area contributed by atoms with Gasteiger partial charge in [0.25, 0.3) is 11.6 Å². The number of nitro groups is 1. The number of terminal acetylenes is 1. The Kier molecular flexibility index (Phi) is 5.16. The number of nitro benzene ring substituents is 1. The summed E-state index contributed by atoms with van der Waals surface area (Å²) in [5, 5.41) is 11.1. The Morgan fingerprint density at radius 2 is 1.93 bits per heavy atom. The summed E-state index contributed by atoms with van der Waals surface area (Å²) in [4.78, 5) is 27.9. The second-order valence-electron chi connectivity index (χ2n) is 7.33. The van der Waals surface area contributed by atoms with Gasteiger partial charge in [-0.1, -0.05) is 50.2 Å². The zero-order valence-corrected chi connectivity index (χ0v) is 16.6. The maximum atomic E-state index is 12.7. The van der Waals surface area contributed by atoms with Gasteiger partial charge >= 0.3 is 0 Å². The Balaban J connectivity index is 2.07. The van der Waals surface area contributed by atoms with Crippen molar-refractivity contribution < 1.29 is 9.72 Å². The van der Waals surface area contributed by atoms with Crippen LogP contribution in [0.4, 0.5) is 5.69 Å². The summed E-state index contributed by atoms with van der Waals surface area (Å²) < 4.78 is 2.42. The molecule has 0 fully saturated rings. The summed E-state index contributed by atoms with van der Waals surface area (Å²) in [6.45, 7) is 6.48. The van der Waals surface area contributed by atoms with Crippen molar-refractivity contribution in [2.45, 2.75) is 32.7 Å². The van der Waals surface area contributed by atoms with Crippen molar-refractivity contribution in [1.82, 2.24) is 4.57 Å². The van der Waals surface area contributed by atoms with E-state index in [0.717, 1.165) is 10.3 Å². The third kappa shape index (κ3) is 3.87. The van der Waals surface area contributed by atoms with Gasteiger partial charge in [0.1, 0.15) is 0 Å². The monoisotopic (exact) mass is 393 g/mol. The number of fused-ring (bicyclic) bond motifs is 1. The number of benzene rings is 2. The molecule has 1 heterocycles. The highest BCUT2D eigenvalue weighted by Crippen LogP contribution is 2.24. The number of non-ortho nitro benzene ring substituents is 1. The van der Waals surface area contributed by atoms with E-state index < -0.39 is 4.92 Å². The second-order valence-corrected chi connectivity index (χ2v) is 8.34. The van der Waals surface area contributed by atoms with Crippen molar-refractivity contribution >= 4 is 33.1 Å². The minimum absolute atomic E-state index is 0.00523. The Morgan fingerprint density at radius 3 is 2.50 bits per heavy atom. The number of carbonyl (C=O) groups excluding carboxylic acids is 1. The van der Waals surface area contributed by atoms with Gasteiger partial charge in [0, 0.05) is 17.7 Å². The molecule has 3 aromatic rings. The topological polar surface area (TPSA) is 77.5 Å². The molecule has 142 valence electrons. The zero-order valence-electron chi connectivity index (χ0n) is 15.8. The van der Waals surface area contributed by atoms with E-state index in [1.807, 2.05) is 12.1 Å². The number of carbonyl (C=O) groups is 1. The van der Waals surface area contributed by atoms with E-state index in [1.54, 1.807) is 22.8 Å². The first kappa shape index (κ1) is 19.5.